The molecular formula is C33H43F3N2O4. The topological polar surface area (TPSA) is 62.2 Å². The van der Waals surface area contributed by atoms with E-state index in [4.69, 9.17) is 14.6 Å². The molecule has 6 nitrogen and oxygen atoms in total. The van der Waals surface area contributed by atoms with Crippen molar-refractivity contribution in [2.75, 3.05) is 46.5 Å². The summed E-state index contributed by atoms with van der Waals surface area (Å²) in [5.74, 6) is -2.22. The van der Waals surface area contributed by atoms with Crippen molar-refractivity contribution in [2.24, 2.45) is 0 Å². The third-order valence-corrected chi connectivity index (χ3v) is 8.02. The number of carboxylic acid groups (broad SMARTS) is 1. The van der Waals surface area contributed by atoms with Crippen LogP contribution in [0.5, 0.6) is 5.75 Å². The Labute approximate surface area is 247 Å². The number of hydrogen-bond acceptors (Lipinski definition) is 5. The Morgan fingerprint density at radius 3 is 2.50 bits per heavy atom. The molecule has 0 saturated carbocycles. The predicted molar refractivity (Wildman–Crippen MR) is 157 cm³/mol. The molecule has 0 amide bonds. The minimum Gasteiger partial charge on any atom is -0.492 e. The number of alkyl halides is 1. The number of likely N-dealkylation sites (N-methyl/N-ethyl adjacent to an activating group) is 1. The van der Waals surface area contributed by atoms with E-state index in [0.29, 0.717) is 26.0 Å². The number of rotatable bonds is 15. The van der Waals surface area contributed by atoms with Gasteiger partial charge in [0, 0.05) is 43.4 Å². The molecule has 0 saturated heterocycles. The fraction of sp³-hybridized carbons (Fsp3) is 0.545. The maximum atomic E-state index is 15.8. The van der Waals surface area contributed by atoms with Crippen LogP contribution in [0.4, 0.5) is 13.2 Å². The van der Waals surface area contributed by atoms with Crippen molar-refractivity contribution in [2.45, 2.75) is 70.6 Å². The molecule has 0 bridgehead atoms. The van der Waals surface area contributed by atoms with Gasteiger partial charge >= 0.3 is 5.97 Å². The number of hydrogen-bond donors (Lipinski definition) is 1. The van der Waals surface area contributed by atoms with Gasteiger partial charge < -0.3 is 19.5 Å². The molecule has 0 fully saturated rings. The van der Waals surface area contributed by atoms with Gasteiger partial charge in [0.05, 0.1) is 6.04 Å². The van der Waals surface area contributed by atoms with Gasteiger partial charge in [0.2, 0.25) is 0 Å². The first-order valence-corrected chi connectivity index (χ1v) is 14.8. The molecule has 230 valence electrons. The van der Waals surface area contributed by atoms with Crippen LogP contribution in [0.2, 0.25) is 0 Å². The second-order valence-electron chi connectivity index (χ2n) is 12.1. The van der Waals surface area contributed by atoms with Crippen LogP contribution in [-0.2, 0) is 16.0 Å². The largest absolute Gasteiger partial charge is 0.492 e. The Hall–Kier alpha value is -2.88. The number of unbranched alkanes of at least 4 members (excludes halogenated alkanes) is 2. The van der Waals surface area contributed by atoms with Crippen LogP contribution in [0.15, 0.2) is 42.0 Å². The Kier molecular flexibility index (Phi) is 10.7. The molecule has 4 rings (SSSR count). The van der Waals surface area contributed by atoms with Gasteiger partial charge in [-0.3, -0.25) is 4.90 Å². The lowest BCUT2D eigenvalue weighted by molar-refractivity contribution is -0.142. The number of fused-ring (bicyclic) bond motifs is 2. The number of carboxylic acids is 1. The van der Waals surface area contributed by atoms with E-state index in [2.05, 4.69) is 17.0 Å². The van der Waals surface area contributed by atoms with Crippen molar-refractivity contribution in [3.8, 4) is 5.75 Å². The van der Waals surface area contributed by atoms with Gasteiger partial charge in [-0.15, -0.1) is 0 Å². The summed E-state index contributed by atoms with van der Waals surface area (Å²) in [6, 6.07) is 9.76. The number of nitrogens with zero attached hydrogens (tertiary/aromatic N) is 2. The molecule has 1 N–H and O–H groups in total. The molecule has 1 aliphatic carbocycles. The van der Waals surface area contributed by atoms with E-state index in [0.717, 1.165) is 48.1 Å². The first-order chi connectivity index (χ1) is 19.9. The van der Waals surface area contributed by atoms with Crippen LogP contribution in [0.3, 0.4) is 0 Å². The molecular weight excluding hydrogens is 545 g/mol. The zero-order valence-corrected chi connectivity index (χ0v) is 25.1. The highest BCUT2D eigenvalue weighted by atomic mass is 19.1. The first kappa shape index (κ1) is 32.0. The normalized spacial score (nSPS) is 18.9. The van der Waals surface area contributed by atoms with Gasteiger partial charge in [-0.25, -0.2) is 18.0 Å². The van der Waals surface area contributed by atoms with E-state index in [1.54, 1.807) is 0 Å². The SMILES string of the molecule is C[C@@H]1CC2=C(Cc3ccccc32)[C@@H](c2c(F)cc(OCCN(C)CCCCCOCC(=O)O)cc2F)N1CC(C)(C)F. The lowest BCUT2D eigenvalue weighted by Gasteiger charge is -2.44. The zero-order chi connectivity index (χ0) is 30.4. The van der Waals surface area contributed by atoms with Gasteiger partial charge in [-0.2, -0.15) is 0 Å². The summed E-state index contributed by atoms with van der Waals surface area (Å²) in [5.41, 5.74) is 2.73. The Morgan fingerprint density at radius 1 is 1.10 bits per heavy atom. The van der Waals surface area contributed by atoms with Crippen molar-refractivity contribution in [3.05, 3.63) is 70.3 Å². The lowest BCUT2D eigenvalue weighted by Crippen LogP contribution is -2.47. The Balaban J connectivity index is 1.42. The van der Waals surface area contributed by atoms with Gasteiger partial charge in [0.25, 0.3) is 0 Å². The molecule has 0 unspecified atom stereocenters. The van der Waals surface area contributed by atoms with Gasteiger partial charge in [0.1, 0.15) is 36.3 Å². The minimum atomic E-state index is -1.54. The fourth-order valence-corrected chi connectivity index (χ4v) is 6.10. The van der Waals surface area contributed by atoms with E-state index in [1.807, 2.05) is 31.0 Å². The summed E-state index contributed by atoms with van der Waals surface area (Å²) in [6.45, 7) is 6.86. The first-order valence-electron chi connectivity index (χ1n) is 14.8. The zero-order valence-electron chi connectivity index (χ0n) is 25.1. The van der Waals surface area contributed by atoms with Crippen molar-refractivity contribution in [1.29, 1.82) is 0 Å². The number of carbonyl (C=O) groups is 1. The van der Waals surface area contributed by atoms with Crippen molar-refractivity contribution in [3.63, 3.8) is 0 Å². The maximum Gasteiger partial charge on any atom is 0.329 e. The molecule has 2 aromatic carbocycles. The highest BCUT2D eigenvalue weighted by Gasteiger charge is 2.43. The minimum absolute atomic E-state index is 0.0529. The van der Waals surface area contributed by atoms with Crippen molar-refractivity contribution < 1.29 is 32.5 Å². The molecule has 2 aliphatic rings. The van der Waals surface area contributed by atoms with Crippen LogP contribution in [0.1, 0.15) is 69.2 Å². The summed E-state index contributed by atoms with van der Waals surface area (Å²) in [7, 11) is 1.95. The third-order valence-electron chi connectivity index (χ3n) is 8.02. The van der Waals surface area contributed by atoms with E-state index in [9.17, 15) is 9.18 Å². The van der Waals surface area contributed by atoms with Crippen molar-refractivity contribution >= 4 is 11.5 Å². The molecule has 2 atom stereocenters. The van der Waals surface area contributed by atoms with Crippen LogP contribution >= 0.6 is 0 Å². The summed E-state index contributed by atoms with van der Waals surface area (Å²) in [5, 5.41) is 8.58. The lowest BCUT2D eigenvalue weighted by atomic mass is 9.84. The molecule has 2 aromatic rings. The number of aliphatic carboxylic acids is 1. The molecule has 0 aromatic heterocycles. The van der Waals surface area contributed by atoms with E-state index in [1.165, 1.54) is 26.0 Å². The molecule has 9 heteroatoms. The summed E-state index contributed by atoms with van der Waals surface area (Å²) in [4.78, 5) is 14.4. The molecule has 1 heterocycles. The second kappa shape index (κ2) is 14.1. The summed E-state index contributed by atoms with van der Waals surface area (Å²) in [6.07, 6.45) is 3.90. The van der Waals surface area contributed by atoms with Crippen LogP contribution in [-0.4, -0.2) is 79.1 Å². The fourth-order valence-electron chi connectivity index (χ4n) is 6.10. The predicted octanol–water partition coefficient (Wildman–Crippen LogP) is 6.44. The van der Waals surface area contributed by atoms with Gasteiger partial charge in [0.15, 0.2) is 0 Å². The summed E-state index contributed by atoms with van der Waals surface area (Å²) >= 11 is 0. The standard InChI is InChI=1S/C33H43F3N2O4/c1-22-16-26-25-11-7-6-10-23(25)17-27(26)32(38(22)21-33(2,3)36)31-28(34)18-24(19-29(31)35)42-15-13-37(4)12-8-5-9-14-41-20-30(39)40/h6-7,10-11,18-19,22,32H,5,8-9,12-17,20-21H2,1-4H3,(H,39,40)/t22-,32+/m1/s1. The molecule has 1 aliphatic heterocycles. The highest BCUT2D eigenvalue weighted by molar-refractivity contribution is 5.79. The van der Waals surface area contributed by atoms with E-state index < -0.39 is 29.3 Å². The monoisotopic (exact) mass is 588 g/mol. The van der Waals surface area contributed by atoms with Gasteiger partial charge in [-0.05, 0) is 88.7 Å². The number of benzene rings is 2. The van der Waals surface area contributed by atoms with E-state index in [-0.39, 0.29) is 37.1 Å². The average Bonchev–Trinajstić information content (AvgIpc) is 3.26. The molecule has 0 spiro atoms. The number of ether oxygens (including phenoxy) is 2. The number of halogens is 3. The average molecular weight is 589 g/mol. The van der Waals surface area contributed by atoms with Crippen molar-refractivity contribution in [1.82, 2.24) is 9.80 Å². The van der Waals surface area contributed by atoms with Crippen LogP contribution < -0.4 is 4.74 Å². The quantitative estimate of drug-likeness (QED) is 0.242. The summed E-state index contributed by atoms with van der Waals surface area (Å²) < 4.78 is 57.4. The van der Waals surface area contributed by atoms with Gasteiger partial charge in [-0.1, -0.05) is 24.3 Å². The smallest absolute Gasteiger partial charge is 0.329 e. The molecule has 0 radical (unpaired) electrons. The van der Waals surface area contributed by atoms with Crippen LogP contribution in [0.25, 0.3) is 5.57 Å². The highest BCUT2D eigenvalue weighted by Crippen LogP contribution is 2.50. The van der Waals surface area contributed by atoms with Crippen LogP contribution in [0, 0.1) is 11.6 Å². The second-order valence-corrected chi connectivity index (χ2v) is 12.1. The third kappa shape index (κ3) is 8.14. The van der Waals surface area contributed by atoms with E-state index >= 15 is 8.78 Å². The Bertz CT molecular complexity index is 1250. The maximum absolute atomic E-state index is 15.8. The molecule has 42 heavy (non-hydrogen) atoms. The Morgan fingerprint density at radius 2 is 1.81 bits per heavy atom.